The Bertz CT molecular complexity index is 612. The van der Waals surface area contributed by atoms with Gasteiger partial charge < -0.3 is 5.32 Å². The third kappa shape index (κ3) is 3.48. The molecule has 0 fully saturated rings. The molecule has 1 unspecified atom stereocenters. The summed E-state index contributed by atoms with van der Waals surface area (Å²) in [4.78, 5) is 16.6. The summed E-state index contributed by atoms with van der Waals surface area (Å²) >= 11 is 6.21. The maximum atomic E-state index is 12.2. The molecule has 0 aliphatic carbocycles. The number of benzene rings is 1. The smallest absolute Gasteiger partial charge is 0.270 e. The fourth-order valence-corrected chi connectivity index (χ4v) is 2.39. The van der Waals surface area contributed by atoms with Crippen molar-refractivity contribution < 1.29 is 4.79 Å². The number of para-hydroxylation sites is 1. The quantitative estimate of drug-likeness (QED) is 0.897. The van der Waals surface area contributed by atoms with Crippen molar-refractivity contribution >= 4 is 28.4 Å². The number of hydrogen-bond acceptors (Lipinski definition) is 2. The fraction of sp³-hybridized carbons (Fsp3) is 0.375. The van der Waals surface area contributed by atoms with Gasteiger partial charge in [0.2, 0.25) is 0 Å². The molecule has 1 amide bonds. The van der Waals surface area contributed by atoms with Gasteiger partial charge in [0.05, 0.1) is 10.5 Å². The molecule has 0 saturated heterocycles. The van der Waals surface area contributed by atoms with Crippen molar-refractivity contribution in [3.63, 3.8) is 0 Å². The Hall–Kier alpha value is -1.61. The van der Waals surface area contributed by atoms with E-state index in [2.05, 4.69) is 17.2 Å². The van der Waals surface area contributed by atoms with Crippen LogP contribution in [-0.2, 0) is 0 Å². The highest BCUT2D eigenvalue weighted by molar-refractivity contribution is 6.35. The van der Waals surface area contributed by atoms with E-state index in [4.69, 9.17) is 11.6 Å². The fourth-order valence-electron chi connectivity index (χ4n) is 2.13. The molecule has 0 bridgehead atoms. The number of amides is 1. The van der Waals surface area contributed by atoms with Crippen LogP contribution < -0.4 is 5.32 Å². The van der Waals surface area contributed by atoms with Crippen molar-refractivity contribution in [1.29, 1.82) is 0 Å². The molecule has 2 rings (SSSR count). The van der Waals surface area contributed by atoms with Crippen LogP contribution in [0, 0.1) is 0 Å². The molecular formula is C16H19ClN2O. The van der Waals surface area contributed by atoms with Crippen molar-refractivity contribution in [3.8, 4) is 0 Å². The van der Waals surface area contributed by atoms with Gasteiger partial charge in [-0.2, -0.15) is 0 Å². The Morgan fingerprint density at radius 2 is 2.15 bits per heavy atom. The Balaban J connectivity index is 2.18. The van der Waals surface area contributed by atoms with Gasteiger partial charge in [-0.25, -0.2) is 4.98 Å². The van der Waals surface area contributed by atoms with Gasteiger partial charge in [-0.3, -0.25) is 4.79 Å². The van der Waals surface area contributed by atoms with Gasteiger partial charge in [0.15, 0.2) is 0 Å². The first-order chi connectivity index (χ1) is 9.61. The van der Waals surface area contributed by atoms with Crippen LogP contribution in [0.3, 0.4) is 0 Å². The van der Waals surface area contributed by atoms with Gasteiger partial charge in [-0.05, 0) is 25.5 Å². The number of halogens is 1. The highest BCUT2D eigenvalue weighted by Gasteiger charge is 2.13. The zero-order valence-electron chi connectivity index (χ0n) is 11.8. The highest BCUT2D eigenvalue weighted by Crippen LogP contribution is 2.22. The Kier molecular flexibility index (Phi) is 4.96. The van der Waals surface area contributed by atoms with E-state index in [9.17, 15) is 4.79 Å². The van der Waals surface area contributed by atoms with E-state index in [-0.39, 0.29) is 11.9 Å². The van der Waals surface area contributed by atoms with Crippen LogP contribution in [0.15, 0.2) is 30.3 Å². The number of hydrogen-bond donors (Lipinski definition) is 1. The SMILES string of the molecule is CCCCC(C)NC(=O)c1cc(Cl)c2ccccc2n1. The van der Waals surface area contributed by atoms with Gasteiger partial charge >= 0.3 is 0 Å². The van der Waals surface area contributed by atoms with Crippen LogP contribution >= 0.6 is 11.6 Å². The van der Waals surface area contributed by atoms with Crippen LogP contribution in [-0.4, -0.2) is 16.9 Å². The summed E-state index contributed by atoms with van der Waals surface area (Å²) in [6, 6.07) is 9.33. The van der Waals surface area contributed by atoms with E-state index in [0.29, 0.717) is 10.7 Å². The molecule has 3 nitrogen and oxygen atoms in total. The van der Waals surface area contributed by atoms with E-state index in [1.807, 2.05) is 31.2 Å². The van der Waals surface area contributed by atoms with Crippen molar-refractivity contribution in [2.45, 2.75) is 39.2 Å². The maximum absolute atomic E-state index is 12.2. The van der Waals surface area contributed by atoms with Gasteiger partial charge in [-0.1, -0.05) is 49.6 Å². The molecule has 0 aliphatic heterocycles. The van der Waals surface area contributed by atoms with Crippen LogP contribution in [0.25, 0.3) is 10.9 Å². The monoisotopic (exact) mass is 290 g/mol. The van der Waals surface area contributed by atoms with E-state index < -0.39 is 0 Å². The lowest BCUT2D eigenvalue weighted by molar-refractivity contribution is 0.0933. The minimum Gasteiger partial charge on any atom is -0.348 e. The zero-order chi connectivity index (χ0) is 14.5. The molecule has 2 aromatic rings. The van der Waals surface area contributed by atoms with Crippen LogP contribution in [0.1, 0.15) is 43.6 Å². The predicted octanol–water partition coefficient (Wildman–Crippen LogP) is 4.20. The van der Waals surface area contributed by atoms with Gasteiger partial charge in [0, 0.05) is 11.4 Å². The standard InChI is InChI=1S/C16H19ClN2O/c1-3-4-7-11(2)18-16(20)15-10-13(17)12-8-5-6-9-14(12)19-15/h5-6,8-11H,3-4,7H2,1-2H3,(H,18,20). The summed E-state index contributed by atoms with van der Waals surface area (Å²) in [6.45, 7) is 4.15. The number of pyridine rings is 1. The summed E-state index contributed by atoms with van der Waals surface area (Å²) in [6.07, 6.45) is 3.21. The third-order valence-corrected chi connectivity index (χ3v) is 3.58. The third-order valence-electron chi connectivity index (χ3n) is 3.27. The molecule has 106 valence electrons. The van der Waals surface area contributed by atoms with Crippen LogP contribution in [0.4, 0.5) is 0 Å². The number of nitrogens with zero attached hydrogens (tertiary/aromatic N) is 1. The Morgan fingerprint density at radius 3 is 2.90 bits per heavy atom. The van der Waals surface area contributed by atoms with E-state index in [0.717, 1.165) is 30.2 Å². The van der Waals surface area contributed by atoms with Crippen LogP contribution in [0.5, 0.6) is 0 Å². The highest BCUT2D eigenvalue weighted by atomic mass is 35.5. The summed E-state index contributed by atoms with van der Waals surface area (Å²) in [5.41, 5.74) is 1.11. The largest absolute Gasteiger partial charge is 0.348 e. The molecule has 4 heteroatoms. The Morgan fingerprint density at radius 1 is 1.40 bits per heavy atom. The second-order valence-electron chi connectivity index (χ2n) is 5.02. The second kappa shape index (κ2) is 6.71. The average Bonchev–Trinajstić information content (AvgIpc) is 2.45. The minimum absolute atomic E-state index is 0.148. The molecule has 1 heterocycles. The number of rotatable bonds is 5. The molecule has 0 saturated carbocycles. The number of carbonyl (C=O) groups is 1. The molecule has 20 heavy (non-hydrogen) atoms. The topological polar surface area (TPSA) is 42.0 Å². The van der Waals surface area contributed by atoms with E-state index in [1.54, 1.807) is 6.07 Å². The summed E-state index contributed by atoms with van der Waals surface area (Å²) < 4.78 is 0. The van der Waals surface area contributed by atoms with Crippen molar-refractivity contribution in [2.24, 2.45) is 0 Å². The normalized spacial score (nSPS) is 12.3. The minimum atomic E-state index is -0.166. The lowest BCUT2D eigenvalue weighted by atomic mass is 10.1. The zero-order valence-corrected chi connectivity index (χ0v) is 12.6. The summed E-state index contributed by atoms with van der Waals surface area (Å²) in [7, 11) is 0. The lowest BCUT2D eigenvalue weighted by Gasteiger charge is -2.13. The van der Waals surface area contributed by atoms with Crippen molar-refractivity contribution in [1.82, 2.24) is 10.3 Å². The number of unbranched alkanes of at least 4 members (excludes halogenated alkanes) is 1. The number of aromatic nitrogens is 1. The maximum Gasteiger partial charge on any atom is 0.270 e. The first-order valence-corrected chi connectivity index (χ1v) is 7.35. The lowest BCUT2D eigenvalue weighted by Crippen LogP contribution is -2.33. The second-order valence-corrected chi connectivity index (χ2v) is 5.43. The number of nitrogens with one attached hydrogen (secondary N) is 1. The molecule has 1 N–H and O–H groups in total. The summed E-state index contributed by atoms with van der Waals surface area (Å²) in [5, 5.41) is 4.39. The molecular weight excluding hydrogens is 272 g/mol. The predicted molar refractivity (Wildman–Crippen MR) is 83.2 cm³/mol. The van der Waals surface area contributed by atoms with Crippen molar-refractivity contribution in [2.75, 3.05) is 0 Å². The molecule has 0 radical (unpaired) electrons. The van der Waals surface area contributed by atoms with E-state index >= 15 is 0 Å². The van der Waals surface area contributed by atoms with Gasteiger partial charge in [0.1, 0.15) is 5.69 Å². The molecule has 1 aromatic heterocycles. The number of fused-ring (bicyclic) bond motifs is 1. The molecule has 0 spiro atoms. The van der Waals surface area contributed by atoms with Crippen molar-refractivity contribution in [3.05, 3.63) is 41.0 Å². The molecule has 1 aromatic carbocycles. The molecule has 0 aliphatic rings. The van der Waals surface area contributed by atoms with E-state index in [1.165, 1.54) is 0 Å². The van der Waals surface area contributed by atoms with Crippen LogP contribution in [0.2, 0.25) is 5.02 Å². The molecule has 1 atom stereocenters. The van der Waals surface area contributed by atoms with Gasteiger partial charge in [0.25, 0.3) is 5.91 Å². The first-order valence-electron chi connectivity index (χ1n) is 6.98. The first kappa shape index (κ1) is 14.8. The Labute approximate surface area is 124 Å². The average molecular weight is 291 g/mol. The van der Waals surface area contributed by atoms with Gasteiger partial charge in [-0.15, -0.1) is 0 Å². The summed E-state index contributed by atoms with van der Waals surface area (Å²) in [5.74, 6) is -0.166. The number of carbonyl (C=O) groups excluding carboxylic acids is 1.